The summed E-state index contributed by atoms with van der Waals surface area (Å²) in [5.74, 6) is 2.03. The first kappa shape index (κ1) is 14.0. The van der Waals surface area contributed by atoms with Crippen LogP contribution in [0.15, 0.2) is 30.5 Å². The lowest BCUT2D eigenvalue weighted by molar-refractivity contribution is -0.122. The van der Waals surface area contributed by atoms with Crippen LogP contribution in [0.2, 0.25) is 0 Å². The van der Waals surface area contributed by atoms with E-state index in [1.165, 1.54) is 16.8 Å². The summed E-state index contributed by atoms with van der Waals surface area (Å²) in [6, 6.07) is 8.58. The van der Waals surface area contributed by atoms with Crippen LogP contribution in [-0.2, 0) is 10.2 Å². The first-order chi connectivity index (χ1) is 10.5. The molecule has 0 spiro atoms. The molecule has 2 aliphatic rings. The molecular formula is C19H24N2O. The molecule has 22 heavy (non-hydrogen) atoms. The largest absolute Gasteiger partial charge is 0.320 e. The molecule has 0 bridgehead atoms. The van der Waals surface area contributed by atoms with Crippen molar-refractivity contribution < 1.29 is 4.79 Å². The molecule has 1 N–H and O–H groups in total. The normalized spacial score (nSPS) is 27.1. The molecule has 2 fully saturated rings. The minimum Gasteiger partial charge on any atom is -0.320 e. The van der Waals surface area contributed by atoms with Crippen LogP contribution in [-0.4, -0.2) is 23.3 Å². The Kier molecular flexibility index (Phi) is 2.99. The number of carbonyl (C=O) groups excluding carboxylic acids is 1. The number of carbonyl (C=O) groups is 1. The number of nitrogens with one attached hydrogen (secondary N) is 1. The molecule has 0 aromatic carbocycles. The van der Waals surface area contributed by atoms with E-state index < -0.39 is 0 Å². The Morgan fingerprint density at radius 1 is 1.27 bits per heavy atom. The van der Waals surface area contributed by atoms with Crippen molar-refractivity contribution in [1.82, 2.24) is 9.72 Å². The zero-order chi connectivity index (χ0) is 15.5. The molecule has 3 atom stereocenters. The SMILES string of the molecule is Cc1cccn2c(C(C)(C)CC(=O)C3[C@H]4CNC[C@@H]34)ccc12. The summed E-state index contributed by atoms with van der Waals surface area (Å²) in [4.78, 5) is 12.7. The third-order valence-corrected chi connectivity index (χ3v) is 5.68. The number of rotatable bonds is 4. The lowest BCUT2D eigenvalue weighted by Crippen LogP contribution is -2.27. The van der Waals surface area contributed by atoms with Gasteiger partial charge in [0.05, 0.1) is 0 Å². The Morgan fingerprint density at radius 2 is 2.00 bits per heavy atom. The second-order valence-electron chi connectivity index (χ2n) is 7.70. The van der Waals surface area contributed by atoms with Gasteiger partial charge in [0, 0.05) is 35.2 Å². The molecule has 2 aromatic heterocycles. The van der Waals surface area contributed by atoms with E-state index in [4.69, 9.17) is 0 Å². The summed E-state index contributed by atoms with van der Waals surface area (Å²) in [5.41, 5.74) is 3.63. The number of hydrogen-bond acceptors (Lipinski definition) is 2. The van der Waals surface area contributed by atoms with E-state index in [2.05, 4.69) is 61.0 Å². The van der Waals surface area contributed by atoms with Gasteiger partial charge >= 0.3 is 0 Å². The number of pyridine rings is 1. The molecule has 1 aliphatic heterocycles. The number of ketones is 1. The van der Waals surface area contributed by atoms with Crippen LogP contribution < -0.4 is 5.32 Å². The van der Waals surface area contributed by atoms with Crippen LogP contribution in [0.5, 0.6) is 0 Å². The van der Waals surface area contributed by atoms with Crippen molar-refractivity contribution in [3.05, 3.63) is 41.7 Å². The summed E-state index contributed by atoms with van der Waals surface area (Å²) in [5, 5.41) is 3.37. The minimum atomic E-state index is -0.123. The van der Waals surface area contributed by atoms with Crippen LogP contribution in [0.4, 0.5) is 0 Å². The zero-order valence-electron chi connectivity index (χ0n) is 13.6. The fourth-order valence-corrected chi connectivity index (χ4v) is 4.38. The van der Waals surface area contributed by atoms with Gasteiger partial charge in [-0.25, -0.2) is 0 Å². The Balaban J connectivity index is 1.59. The quantitative estimate of drug-likeness (QED) is 0.941. The molecular weight excluding hydrogens is 272 g/mol. The van der Waals surface area contributed by atoms with Gasteiger partial charge in [-0.05, 0) is 55.6 Å². The molecule has 3 heteroatoms. The molecule has 0 amide bonds. The summed E-state index contributed by atoms with van der Waals surface area (Å²) >= 11 is 0. The van der Waals surface area contributed by atoms with Crippen molar-refractivity contribution in [2.24, 2.45) is 17.8 Å². The first-order valence-electron chi connectivity index (χ1n) is 8.29. The van der Waals surface area contributed by atoms with Crippen molar-refractivity contribution in [1.29, 1.82) is 0 Å². The van der Waals surface area contributed by atoms with Gasteiger partial charge in [-0.3, -0.25) is 4.79 Å². The van der Waals surface area contributed by atoms with Crippen molar-refractivity contribution >= 4 is 11.3 Å². The van der Waals surface area contributed by atoms with Crippen molar-refractivity contribution in [2.45, 2.75) is 32.6 Å². The Labute approximate surface area is 131 Å². The predicted molar refractivity (Wildman–Crippen MR) is 88.1 cm³/mol. The van der Waals surface area contributed by atoms with Crippen molar-refractivity contribution in [3.63, 3.8) is 0 Å². The number of fused-ring (bicyclic) bond motifs is 2. The maximum Gasteiger partial charge on any atom is 0.137 e. The predicted octanol–water partition coefficient (Wildman–Crippen LogP) is 2.95. The number of piperidine rings is 1. The lowest BCUT2D eigenvalue weighted by Gasteiger charge is -2.25. The molecule has 116 valence electrons. The van der Waals surface area contributed by atoms with Crippen LogP contribution in [0.25, 0.3) is 5.52 Å². The average molecular weight is 296 g/mol. The maximum absolute atomic E-state index is 12.7. The van der Waals surface area contributed by atoms with E-state index in [0.29, 0.717) is 30.0 Å². The third kappa shape index (κ3) is 2.03. The van der Waals surface area contributed by atoms with Gasteiger partial charge in [-0.2, -0.15) is 0 Å². The standard InChI is InChI=1S/C19H24N2O/c1-12-5-4-8-21-15(12)6-7-17(21)19(2,3)9-16(22)18-13-10-20-11-14(13)18/h4-8,13-14,18,20H,9-11H2,1-3H3/t13-,14+,18?. The fraction of sp³-hybridized carbons (Fsp3) is 0.526. The van der Waals surface area contributed by atoms with Crippen LogP contribution >= 0.6 is 0 Å². The van der Waals surface area contributed by atoms with E-state index >= 15 is 0 Å². The van der Waals surface area contributed by atoms with Gasteiger partial charge in [0.15, 0.2) is 0 Å². The molecule has 4 rings (SSSR count). The Morgan fingerprint density at radius 3 is 2.73 bits per heavy atom. The maximum atomic E-state index is 12.7. The van der Waals surface area contributed by atoms with Crippen molar-refractivity contribution in [3.8, 4) is 0 Å². The number of nitrogens with zero attached hydrogens (tertiary/aromatic N) is 1. The monoisotopic (exact) mass is 296 g/mol. The number of aryl methyl sites for hydroxylation is 1. The Bertz CT molecular complexity index is 733. The smallest absolute Gasteiger partial charge is 0.137 e. The van der Waals surface area contributed by atoms with E-state index in [1.54, 1.807) is 0 Å². The molecule has 1 saturated carbocycles. The third-order valence-electron chi connectivity index (χ3n) is 5.68. The van der Waals surface area contributed by atoms with Crippen LogP contribution in [0, 0.1) is 24.7 Å². The van der Waals surface area contributed by atoms with Gasteiger partial charge in [-0.15, -0.1) is 0 Å². The summed E-state index contributed by atoms with van der Waals surface area (Å²) < 4.78 is 2.25. The summed E-state index contributed by atoms with van der Waals surface area (Å²) in [6.07, 6.45) is 2.75. The van der Waals surface area contributed by atoms with Crippen molar-refractivity contribution in [2.75, 3.05) is 13.1 Å². The zero-order valence-corrected chi connectivity index (χ0v) is 13.6. The second kappa shape index (κ2) is 4.69. The van der Waals surface area contributed by atoms with E-state index in [9.17, 15) is 4.79 Å². The highest BCUT2D eigenvalue weighted by Gasteiger charge is 2.56. The van der Waals surface area contributed by atoms with Gasteiger partial charge in [0.2, 0.25) is 0 Å². The number of hydrogen-bond donors (Lipinski definition) is 1. The van der Waals surface area contributed by atoms with Crippen LogP contribution in [0.1, 0.15) is 31.5 Å². The minimum absolute atomic E-state index is 0.123. The Hall–Kier alpha value is -1.61. The highest BCUT2D eigenvalue weighted by Crippen LogP contribution is 2.50. The van der Waals surface area contributed by atoms with Gasteiger partial charge in [0.1, 0.15) is 5.78 Å². The average Bonchev–Trinajstić information content (AvgIpc) is 2.85. The summed E-state index contributed by atoms with van der Waals surface area (Å²) in [7, 11) is 0. The van der Waals surface area contributed by atoms with Gasteiger partial charge in [0.25, 0.3) is 0 Å². The highest BCUT2D eigenvalue weighted by atomic mass is 16.1. The lowest BCUT2D eigenvalue weighted by atomic mass is 9.82. The second-order valence-corrected chi connectivity index (χ2v) is 7.70. The van der Waals surface area contributed by atoms with E-state index in [1.807, 2.05) is 0 Å². The first-order valence-corrected chi connectivity index (χ1v) is 8.29. The summed E-state index contributed by atoms with van der Waals surface area (Å²) in [6.45, 7) is 8.61. The number of Topliss-reactive ketones (excluding diaryl/α,β-unsaturated/α-hetero) is 1. The molecule has 0 radical (unpaired) electrons. The topological polar surface area (TPSA) is 33.5 Å². The van der Waals surface area contributed by atoms with Crippen LogP contribution in [0.3, 0.4) is 0 Å². The highest BCUT2D eigenvalue weighted by molar-refractivity contribution is 5.86. The van der Waals surface area contributed by atoms with E-state index in [0.717, 1.165) is 13.1 Å². The fourth-order valence-electron chi connectivity index (χ4n) is 4.38. The molecule has 3 nitrogen and oxygen atoms in total. The molecule has 1 aliphatic carbocycles. The molecule has 1 saturated heterocycles. The molecule has 2 aromatic rings. The van der Waals surface area contributed by atoms with E-state index in [-0.39, 0.29) is 5.41 Å². The number of aromatic nitrogens is 1. The molecule has 3 heterocycles. The van der Waals surface area contributed by atoms with Gasteiger partial charge in [-0.1, -0.05) is 19.9 Å². The molecule has 1 unspecified atom stereocenters. The van der Waals surface area contributed by atoms with Gasteiger partial charge < -0.3 is 9.72 Å².